The van der Waals surface area contributed by atoms with Crippen molar-refractivity contribution in [1.29, 1.82) is 0 Å². The fourth-order valence-corrected chi connectivity index (χ4v) is 1.87. The van der Waals surface area contributed by atoms with E-state index in [9.17, 15) is 17.6 Å². The number of hydrogen-bond donors (Lipinski definition) is 1. The number of nitrogens with one attached hydrogen (secondary N) is 1. The molecule has 1 heterocycles. The first-order valence-electron chi connectivity index (χ1n) is 6.02. The highest BCUT2D eigenvalue weighted by Gasteiger charge is 2.32. The molecule has 1 N–H and O–H groups in total. The Morgan fingerprint density at radius 2 is 1.80 bits per heavy atom. The second-order valence-electron chi connectivity index (χ2n) is 4.38. The molecule has 2 nitrogen and oxygen atoms in total. The Balaban J connectivity index is 2.09. The summed E-state index contributed by atoms with van der Waals surface area (Å²) in [6, 6.07) is 7.37. The van der Waals surface area contributed by atoms with Gasteiger partial charge in [-0.05, 0) is 29.8 Å². The minimum absolute atomic E-state index is 0.172. The van der Waals surface area contributed by atoms with Gasteiger partial charge in [0, 0.05) is 6.04 Å². The topological polar surface area (TPSA) is 25.2 Å². The highest BCUT2D eigenvalue weighted by molar-refractivity contribution is 5.20. The van der Waals surface area contributed by atoms with Crippen LogP contribution < -0.4 is 5.32 Å². The molecule has 2 rings (SSSR count). The normalized spacial score (nSPS) is 13.4. The number of rotatable bonds is 5. The van der Waals surface area contributed by atoms with Crippen LogP contribution in [0.15, 0.2) is 47.1 Å². The molecule has 1 aromatic heterocycles. The first-order chi connectivity index (χ1) is 9.44. The maximum absolute atomic E-state index is 12.8. The molecular weight excluding hydrogens is 274 g/mol. The molecule has 0 amide bonds. The second kappa shape index (κ2) is 6.09. The molecule has 1 unspecified atom stereocenters. The Morgan fingerprint density at radius 3 is 2.35 bits per heavy atom. The predicted molar refractivity (Wildman–Crippen MR) is 65.4 cm³/mol. The van der Waals surface area contributed by atoms with Crippen LogP contribution in [-0.2, 0) is 6.54 Å². The fraction of sp³-hybridized carbons (Fsp3) is 0.286. The van der Waals surface area contributed by atoms with Crippen LogP contribution in [0.3, 0.4) is 0 Å². The smallest absolute Gasteiger partial charge is 0.390 e. The average molecular weight is 287 g/mol. The third-order valence-corrected chi connectivity index (χ3v) is 2.81. The summed E-state index contributed by atoms with van der Waals surface area (Å²) in [4.78, 5) is 0. The van der Waals surface area contributed by atoms with Crippen LogP contribution in [0.2, 0.25) is 0 Å². The summed E-state index contributed by atoms with van der Waals surface area (Å²) in [5, 5.41) is 2.78. The number of alkyl halides is 3. The van der Waals surface area contributed by atoms with Crippen molar-refractivity contribution in [3.05, 3.63) is 59.8 Å². The Labute approximate surface area is 113 Å². The lowest BCUT2D eigenvalue weighted by Crippen LogP contribution is -2.26. The first-order valence-corrected chi connectivity index (χ1v) is 6.02. The van der Waals surface area contributed by atoms with E-state index in [1.165, 1.54) is 18.4 Å². The van der Waals surface area contributed by atoms with Gasteiger partial charge in [-0.1, -0.05) is 12.1 Å². The third kappa shape index (κ3) is 4.38. The van der Waals surface area contributed by atoms with Gasteiger partial charge < -0.3 is 9.73 Å². The number of furan rings is 1. The van der Waals surface area contributed by atoms with Gasteiger partial charge in [0.25, 0.3) is 0 Å². The molecule has 0 fully saturated rings. The molecule has 1 aromatic carbocycles. The van der Waals surface area contributed by atoms with Gasteiger partial charge in [-0.25, -0.2) is 4.39 Å². The molecule has 0 saturated heterocycles. The summed E-state index contributed by atoms with van der Waals surface area (Å²) in [5.74, 6) is 0.0600. The van der Waals surface area contributed by atoms with Crippen molar-refractivity contribution in [2.24, 2.45) is 0 Å². The number of hydrogen-bond acceptors (Lipinski definition) is 2. The Kier molecular flexibility index (Phi) is 4.44. The maximum Gasteiger partial charge on any atom is 0.390 e. The minimum atomic E-state index is -4.31. The van der Waals surface area contributed by atoms with E-state index in [0.29, 0.717) is 11.3 Å². The monoisotopic (exact) mass is 287 g/mol. The van der Waals surface area contributed by atoms with Gasteiger partial charge in [0.05, 0.1) is 19.2 Å². The molecule has 0 aliphatic carbocycles. The lowest BCUT2D eigenvalue weighted by Gasteiger charge is -2.20. The standard InChI is InChI=1S/C14H13F4NO/c15-11-5-3-10(4-6-11)13(8-14(16,17)18)19-9-12-2-1-7-20-12/h1-7,13,19H,8-9H2. The van der Waals surface area contributed by atoms with Crippen LogP contribution in [-0.4, -0.2) is 6.18 Å². The Morgan fingerprint density at radius 1 is 1.10 bits per heavy atom. The summed E-state index contributed by atoms with van der Waals surface area (Å²) >= 11 is 0. The fourth-order valence-electron chi connectivity index (χ4n) is 1.87. The van der Waals surface area contributed by atoms with Crippen LogP contribution in [0.25, 0.3) is 0 Å². The molecule has 0 saturated carbocycles. The predicted octanol–water partition coefficient (Wildman–Crippen LogP) is 4.20. The van der Waals surface area contributed by atoms with Crippen LogP contribution in [0.4, 0.5) is 17.6 Å². The zero-order chi connectivity index (χ0) is 14.6. The molecular formula is C14H13F4NO. The van der Waals surface area contributed by atoms with Crippen LogP contribution >= 0.6 is 0 Å². The van der Waals surface area contributed by atoms with Gasteiger partial charge in [-0.15, -0.1) is 0 Å². The van der Waals surface area contributed by atoms with Crippen molar-refractivity contribution in [3.8, 4) is 0 Å². The van der Waals surface area contributed by atoms with Gasteiger partial charge >= 0.3 is 6.18 Å². The molecule has 0 bridgehead atoms. The van der Waals surface area contributed by atoms with Crippen LogP contribution in [0, 0.1) is 5.82 Å². The van der Waals surface area contributed by atoms with E-state index in [-0.39, 0.29) is 6.54 Å². The molecule has 6 heteroatoms. The highest BCUT2D eigenvalue weighted by Crippen LogP contribution is 2.29. The molecule has 0 radical (unpaired) electrons. The van der Waals surface area contributed by atoms with Crippen molar-refractivity contribution in [3.63, 3.8) is 0 Å². The van der Waals surface area contributed by atoms with Gasteiger partial charge in [0.15, 0.2) is 0 Å². The molecule has 0 spiro atoms. The van der Waals surface area contributed by atoms with E-state index in [4.69, 9.17) is 4.42 Å². The van der Waals surface area contributed by atoms with Crippen LogP contribution in [0.5, 0.6) is 0 Å². The van der Waals surface area contributed by atoms with Gasteiger partial charge in [-0.3, -0.25) is 0 Å². The summed E-state index contributed by atoms with van der Waals surface area (Å²) < 4.78 is 55.7. The van der Waals surface area contributed by atoms with Crippen molar-refractivity contribution in [2.75, 3.05) is 0 Å². The van der Waals surface area contributed by atoms with Gasteiger partial charge in [0.2, 0.25) is 0 Å². The van der Waals surface area contributed by atoms with E-state index in [0.717, 1.165) is 12.1 Å². The molecule has 0 aliphatic heterocycles. The number of halogens is 4. The van der Waals surface area contributed by atoms with Crippen molar-refractivity contribution in [2.45, 2.75) is 25.2 Å². The molecule has 2 aromatic rings. The quantitative estimate of drug-likeness (QED) is 0.834. The summed E-state index contributed by atoms with van der Waals surface area (Å²) in [5.41, 5.74) is 0.385. The van der Waals surface area contributed by atoms with Crippen LogP contribution in [0.1, 0.15) is 23.8 Å². The SMILES string of the molecule is Fc1ccc(C(CC(F)(F)F)NCc2ccco2)cc1. The highest BCUT2D eigenvalue weighted by atomic mass is 19.4. The molecule has 1 atom stereocenters. The lowest BCUT2D eigenvalue weighted by molar-refractivity contribution is -0.140. The van der Waals surface area contributed by atoms with Crippen molar-refractivity contribution < 1.29 is 22.0 Å². The Bertz CT molecular complexity index is 519. The molecule has 108 valence electrons. The average Bonchev–Trinajstić information content (AvgIpc) is 2.87. The zero-order valence-corrected chi connectivity index (χ0v) is 10.5. The molecule has 20 heavy (non-hydrogen) atoms. The lowest BCUT2D eigenvalue weighted by atomic mass is 10.0. The summed E-state index contributed by atoms with van der Waals surface area (Å²) in [6.45, 7) is 0.172. The first kappa shape index (κ1) is 14.6. The van der Waals surface area contributed by atoms with E-state index < -0.39 is 24.5 Å². The van der Waals surface area contributed by atoms with Gasteiger partial charge in [-0.2, -0.15) is 13.2 Å². The van der Waals surface area contributed by atoms with Crippen molar-refractivity contribution >= 4 is 0 Å². The Hall–Kier alpha value is -1.82. The largest absolute Gasteiger partial charge is 0.468 e. The van der Waals surface area contributed by atoms with E-state index in [2.05, 4.69) is 5.32 Å². The zero-order valence-electron chi connectivity index (χ0n) is 10.5. The maximum atomic E-state index is 12.8. The summed E-state index contributed by atoms with van der Waals surface area (Å²) in [7, 11) is 0. The number of benzene rings is 1. The second-order valence-corrected chi connectivity index (χ2v) is 4.38. The third-order valence-electron chi connectivity index (χ3n) is 2.81. The minimum Gasteiger partial charge on any atom is -0.468 e. The molecule has 0 aliphatic rings. The van der Waals surface area contributed by atoms with E-state index >= 15 is 0 Å². The summed E-state index contributed by atoms with van der Waals surface area (Å²) in [6.07, 6.45) is -3.89. The van der Waals surface area contributed by atoms with E-state index in [1.807, 2.05) is 0 Å². The van der Waals surface area contributed by atoms with Crippen molar-refractivity contribution in [1.82, 2.24) is 5.32 Å². The van der Waals surface area contributed by atoms with Gasteiger partial charge in [0.1, 0.15) is 11.6 Å². The van der Waals surface area contributed by atoms with E-state index in [1.54, 1.807) is 12.1 Å².